The molecule has 0 aromatic heterocycles. The summed E-state index contributed by atoms with van der Waals surface area (Å²) in [6.45, 7) is 2.02. The van der Waals surface area contributed by atoms with Crippen molar-refractivity contribution in [3.8, 4) is 0 Å². The van der Waals surface area contributed by atoms with Gasteiger partial charge >= 0.3 is 6.16 Å². The number of nitrogens with two attached hydrogens (primary N) is 1. The molecule has 1 atom stereocenters. The highest BCUT2D eigenvalue weighted by Gasteiger charge is 1.94. The minimum absolute atomic E-state index is 0.266. The molecule has 4 N–H and O–H groups in total. The first-order chi connectivity index (χ1) is 6.52. The minimum atomic E-state index is -1.83. The fourth-order valence-electron chi connectivity index (χ4n) is 0.986. The van der Waals surface area contributed by atoms with Gasteiger partial charge in [0.05, 0.1) is 0 Å². The van der Waals surface area contributed by atoms with Gasteiger partial charge in [0.15, 0.2) is 0 Å². The van der Waals surface area contributed by atoms with Gasteiger partial charge in [0.2, 0.25) is 0 Å². The lowest BCUT2D eigenvalue weighted by Crippen LogP contribution is -2.17. The average molecular weight is 197 g/mol. The SMILES string of the molecule is CC(N)Cc1ccccc1.O=C(O)O. The predicted octanol–water partition coefficient (Wildman–Crippen LogP) is 1.80. The molecule has 4 nitrogen and oxygen atoms in total. The van der Waals surface area contributed by atoms with Crippen molar-refractivity contribution in [2.24, 2.45) is 5.73 Å². The zero-order valence-corrected chi connectivity index (χ0v) is 8.05. The van der Waals surface area contributed by atoms with Crippen LogP contribution in [0.3, 0.4) is 0 Å². The zero-order chi connectivity index (χ0) is 11.0. The van der Waals surface area contributed by atoms with Crippen molar-refractivity contribution < 1.29 is 15.0 Å². The molecule has 0 saturated carbocycles. The Morgan fingerprint density at radius 3 is 2.14 bits per heavy atom. The first-order valence-corrected chi connectivity index (χ1v) is 4.23. The first kappa shape index (κ1) is 12.4. The molecule has 0 aliphatic carbocycles. The van der Waals surface area contributed by atoms with Crippen LogP contribution in [0.2, 0.25) is 0 Å². The first-order valence-electron chi connectivity index (χ1n) is 4.23. The summed E-state index contributed by atoms with van der Waals surface area (Å²) < 4.78 is 0. The lowest BCUT2D eigenvalue weighted by Gasteiger charge is -2.02. The van der Waals surface area contributed by atoms with Crippen molar-refractivity contribution in [3.63, 3.8) is 0 Å². The molecule has 0 fully saturated rings. The van der Waals surface area contributed by atoms with Crippen molar-refractivity contribution in [2.45, 2.75) is 19.4 Å². The van der Waals surface area contributed by atoms with Crippen LogP contribution < -0.4 is 5.73 Å². The Hall–Kier alpha value is -1.55. The maximum Gasteiger partial charge on any atom is 0.503 e. The Balaban J connectivity index is 0.000000364. The topological polar surface area (TPSA) is 83.6 Å². The van der Waals surface area contributed by atoms with Crippen LogP contribution in [-0.2, 0) is 6.42 Å². The Morgan fingerprint density at radius 1 is 1.36 bits per heavy atom. The van der Waals surface area contributed by atoms with E-state index < -0.39 is 6.16 Å². The van der Waals surface area contributed by atoms with E-state index in [0.29, 0.717) is 0 Å². The van der Waals surface area contributed by atoms with Crippen LogP contribution in [0.15, 0.2) is 30.3 Å². The molecule has 14 heavy (non-hydrogen) atoms. The highest BCUT2D eigenvalue weighted by molar-refractivity contribution is 5.53. The van der Waals surface area contributed by atoms with E-state index in [2.05, 4.69) is 12.1 Å². The van der Waals surface area contributed by atoms with Gasteiger partial charge in [0.1, 0.15) is 0 Å². The van der Waals surface area contributed by atoms with E-state index in [4.69, 9.17) is 20.7 Å². The van der Waals surface area contributed by atoms with E-state index in [1.807, 2.05) is 25.1 Å². The maximum absolute atomic E-state index is 8.56. The number of carbonyl (C=O) groups is 1. The van der Waals surface area contributed by atoms with Gasteiger partial charge in [-0.05, 0) is 18.9 Å². The van der Waals surface area contributed by atoms with Gasteiger partial charge in [-0.3, -0.25) is 0 Å². The molecule has 1 aromatic rings. The zero-order valence-electron chi connectivity index (χ0n) is 8.05. The lowest BCUT2D eigenvalue weighted by atomic mass is 10.1. The fourth-order valence-corrected chi connectivity index (χ4v) is 0.986. The summed E-state index contributed by atoms with van der Waals surface area (Å²) in [6.07, 6.45) is -0.860. The Kier molecular flexibility index (Phi) is 6.15. The molecule has 0 radical (unpaired) electrons. The van der Waals surface area contributed by atoms with Crippen LogP contribution in [0.25, 0.3) is 0 Å². The summed E-state index contributed by atoms with van der Waals surface area (Å²) in [6, 6.07) is 10.6. The molecular weight excluding hydrogens is 182 g/mol. The molecule has 78 valence electrons. The van der Waals surface area contributed by atoms with Crippen LogP contribution in [0, 0.1) is 0 Å². The number of benzene rings is 1. The molecule has 1 rings (SSSR count). The molecule has 4 heteroatoms. The standard InChI is InChI=1S/C9H13N.CH2O3/c1-8(10)7-9-5-3-2-4-6-9;2-1(3)4/h2-6,8H,7,10H2,1H3;(H2,2,3,4). The predicted molar refractivity (Wildman–Crippen MR) is 54.4 cm³/mol. The van der Waals surface area contributed by atoms with E-state index in [9.17, 15) is 0 Å². The second-order valence-corrected chi connectivity index (χ2v) is 2.95. The quantitative estimate of drug-likeness (QED) is 0.675. The second kappa shape index (κ2) is 6.91. The van der Waals surface area contributed by atoms with E-state index in [0.717, 1.165) is 6.42 Å². The highest BCUT2D eigenvalue weighted by Crippen LogP contribution is 2.00. The number of rotatable bonds is 2. The summed E-state index contributed by atoms with van der Waals surface area (Å²) >= 11 is 0. The maximum atomic E-state index is 8.56. The number of hydrogen-bond acceptors (Lipinski definition) is 2. The lowest BCUT2D eigenvalue weighted by molar-refractivity contribution is 0.137. The summed E-state index contributed by atoms with van der Waals surface area (Å²) in [5.74, 6) is 0. The van der Waals surface area contributed by atoms with E-state index in [1.165, 1.54) is 5.56 Å². The van der Waals surface area contributed by atoms with E-state index in [1.54, 1.807) is 0 Å². The van der Waals surface area contributed by atoms with Crippen LogP contribution in [0.4, 0.5) is 4.79 Å². The molecule has 0 aliphatic rings. The molecule has 0 spiro atoms. The Morgan fingerprint density at radius 2 is 1.79 bits per heavy atom. The van der Waals surface area contributed by atoms with Gasteiger partial charge in [-0.2, -0.15) is 0 Å². The van der Waals surface area contributed by atoms with Crippen molar-refractivity contribution in [1.29, 1.82) is 0 Å². The summed E-state index contributed by atoms with van der Waals surface area (Å²) in [5, 5.41) is 13.9. The van der Waals surface area contributed by atoms with Gasteiger partial charge in [0, 0.05) is 6.04 Å². The Labute approximate surface area is 83.0 Å². The fraction of sp³-hybridized carbons (Fsp3) is 0.300. The normalized spacial score (nSPS) is 11.0. The smallest absolute Gasteiger partial charge is 0.450 e. The third-order valence-corrected chi connectivity index (χ3v) is 1.40. The highest BCUT2D eigenvalue weighted by atomic mass is 16.6. The van der Waals surface area contributed by atoms with Crippen LogP contribution in [0.1, 0.15) is 12.5 Å². The van der Waals surface area contributed by atoms with Crippen molar-refractivity contribution >= 4 is 6.16 Å². The van der Waals surface area contributed by atoms with Crippen LogP contribution in [0.5, 0.6) is 0 Å². The van der Waals surface area contributed by atoms with E-state index in [-0.39, 0.29) is 6.04 Å². The van der Waals surface area contributed by atoms with Gasteiger partial charge in [-0.1, -0.05) is 30.3 Å². The molecule has 0 heterocycles. The largest absolute Gasteiger partial charge is 0.503 e. The number of carboxylic acid groups (broad SMARTS) is 2. The summed E-state index contributed by atoms with van der Waals surface area (Å²) in [5.41, 5.74) is 6.94. The minimum Gasteiger partial charge on any atom is -0.450 e. The third kappa shape index (κ3) is 8.55. The number of hydrogen-bond donors (Lipinski definition) is 3. The molecule has 0 bridgehead atoms. The molecule has 0 aliphatic heterocycles. The summed E-state index contributed by atoms with van der Waals surface area (Å²) in [7, 11) is 0. The van der Waals surface area contributed by atoms with Gasteiger partial charge in [-0.15, -0.1) is 0 Å². The Bertz CT molecular complexity index is 255. The van der Waals surface area contributed by atoms with Gasteiger partial charge in [-0.25, -0.2) is 4.79 Å². The van der Waals surface area contributed by atoms with Gasteiger partial charge in [0.25, 0.3) is 0 Å². The van der Waals surface area contributed by atoms with Crippen molar-refractivity contribution in [3.05, 3.63) is 35.9 Å². The second-order valence-electron chi connectivity index (χ2n) is 2.95. The molecule has 0 saturated heterocycles. The molecule has 1 aromatic carbocycles. The third-order valence-electron chi connectivity index (χ3n) is 1.40. The van der Waals surface area contributed by atoms with E-state index >= 15 is 0 Å². The average Bonchev–Trinajstić information content (AvgIpc) is 2.03. The molecular formula is C10H15NO3. The molecule has 1 unspecified atom stereocenters. The van der Waals surface area contributed by atoms with Crippen molar-refractivity contribution in [1.82, 2.24) is 0 Å². The summed E-state index contributed by atoms with van der Waals surface area (Å²) in [4.78, 5) is 8.56. The van der Waals surface area contributed by atoms with Crippen LogP contribution in [-0.4, -0.2) is 22.4 Å². The van der Waals surface area contributed by atoms with Gasteiger partial charge < -0.3 is 15.9 Å². The monoisotopic (exact) mass is 197 g/mol. The van der Waals surface area contributed by atoms with Crippen LogP contribution >= 0.6 is 0 Å². The van der Waals surface area contributed by atoms with Crippen molar-refractivity contribution in [2.75, 3.05) is 0 Å². The molecule has 0 amide bonds.